The fourth-order valence-electron chi connectivity index (χ4n) is 2.10. The zero-order valence-corrected chi connectivity index (χ0v) is 14.5. The van der Waals surface area contributed by atoms with Crippen LogP contribution < -0.4 is 15.8 Å². The van der Waals surface area contributed by atoms with E-state index < -0.39 is 12.1 Å². The molecule has 2 heterocycles. The standard InChI is InChI=1S/C17H13F3N4O2S/c18-17(19,20)16(25)26-11-5-3-10(4-6-11)8-23-15-14(21)22-9-12(24-15)13-2-1-7-27-13/h1-7,9H,8H2,(H2,21,22)(H,23,24). The predicted octanol–water partition coefficient (Wildman–Crippen LogP) is 3.87. The quantitative estimate of drug-likeness (QED) is 0.504. The van der Waals surface area contributed by atoms with E-state index in [1.807, 2.05) is 17.5 Å². The van der Waals surface area contributed by atoms with Gasteiger partial charge >= 0.3 is 12.1 Å². The molecule has 0 saturated heterocycles. The monoisotopic (exact) mass is 394 g/mol. The molecule has 0 saturated carbocycles. The van der Waals surface area contributed by atoms with E-state index >= 15 is 0 Å². The molecule has 0 aliphatic rings. The number of benzene rings is 1. The zero-order valence-electron chi connectivity index (χ0n) is 13.7. The minimum atomic E-state index is -5.04. The highest BCUT2D eigenvalue weighted by molar-refractivity contribution is 7.13. The summed E-state index contributed by atoms with van der Waals surface area (Å²) in [5, 5.41) is 4.96. The molecule has 6 nitrogen and oxygen atoms in total. The van der Waals surface area contributed by atoms with Crippen LogP contribution in [0.1, 0.15) is 5.56 Å². The molecule has 0 aliphatic heterocycles. The van der Waals surface area contributed by atoms with E-state index in [0.29, 0.717) is 18.1 Å². The van der Waals surface area contributed by atoms with Crippen molar-refractivity contribution in [3.05, 3.63) is 53.5 Å². The van der Waals surface area contributed by atoms with Gasteiger partial charge in [-0.15, -0.1) is 11.3 Å². The number of hydrogen-bond donors (Lipinski definition) is 2. The second kappa shape index (κ2) is 7.62. The topological polar surface area (TPSA) is 90.1 Å². The molecule has 0 atom stereocenters. The lowest BCUT2D eigenvalue weighted by Gasteiger charge is -2.10. The summed E-state index contributed by atoms with van der Waals surface area (Å²) < 4.78 is 40.8. The molecule has 1 aromatic carbocycles. The Labute approximate surface area is 155 Å². The van der Waals surface area contributed by atoms with Crippen LogP contribution in [0.2, 0.25) is 0 Å². The average Bonchev–Trinajstić information content (AvgIpc) is 3.16. The van der Waals surface area contributed by atoms with E-state index in [4.69, 9.17) is 5.73 Å². The summed E-state index contributed by atoms with van der Waals surface area (Å²) in [6, 6.07) is 9.42. The predicted molar refractivity (Wildman–Crippen MR) is 95.2 cm³/mol. The Morgan fingerprint density at radius 3 is 2.59 bits per heavy atom. The van der Waals surface area contributed by atoms with Gasteiger partial charge in [0.2, 0.25) is 0 Å². The van der Waals surface area contributed by atoms with E-state index in [1.165, 1.54) is 35.6 Å². The molecule has 0 aliphatic carbocycles. The van der Waals surface area contributed by atoms with Crippen LogP contribution in [0.25, 0.3) is 10.6 Å². The third-order valence-corrected chi connectivity index (χ3v) is 4.29. The number of rotatable bonds is 5. The molecule has 0 fully saturated rings. The van der Waals surface area contributed by atoms with Crippen LogP contribution in [0.3, 0.4) is 0 Å². The first kappa shape index (κ1) is 18.6. The van der Waals surface area contributed by atoms with Crippen LogP contribution in [0.4, 0.5) is 24.8 Å². The SMILES string of the molecule is Nc1ncc(-c2cccs2)nc1NCc1ccc(OC(=O)C(F)(F)F)cc1. The number of alkyl halides is 3. The Bertz CT molecular complexity index is 928. The average molecular weight is 394 g/mol. The highest BCUT2D eigenvalue weighted by Gasteiger charge is 2.41. The minimum Gasteiger partial charge on any atom is -0.420 e. The lowest BCUT2D eigenvalue weighted by atomic mass is 10.2. The van der Waals surface area contributed by atoms with Crippen molar-refractivity contribution < 1.29 is 22.7 Å². The molecule has 140 valence electrons. The number of nitrogens with one attached hydrogen (secondary N) is 1. The molecular weight excluding hydrogens is 381 g/mol. The maximum atomic E-state index is 12.2. The van der Waals surface area contributed by atoms with Crippen LogP contribution in [-0.4, -0.2) is 22.1 Å². The number of thiophene rings is 1. The number of nitrogens with zero attached hydrogens (tertiary/aromatic N) is 2. The number of halogens is 3. The van der Waals surface area contributed by atoms with Crippen molar-refractivity contribution >= 4 is 28.9 Å². The van der Waals surface area contributed by atoms with Crippen LogP contribution in [0.15, 0.2) is 48.0 Å². The second-order valence-electron chi connectivity index (χ2n) is 5.35. The fourth-order valence-corrected chi connectivity index (χ4v) is 2.78. The van der Waals surface area contributed by atoms with Gasteiger partial charge in [0, 0.05) is 6.54 Å². The lowest BCUT2D eigenvalue weighted by molar-refractivity contribution is -0.189. The summed E-state index contributed by atoms with van der Waals surface area (Å²) in [5.41, 5.74) is 7.23. The Balaban J connectivity index is 1.65. The fraction of sp³-hybridized carbons (Fsp3) is 0.118. The lowest BCUT2D eigenvalue weighted by Crippen LogP contribution is -2.27. The summed E-state index contributed by atoms with van der Waals surface area (Å²) in [5.74, 6) is -1.83. The van der Waals surface area contributed by atoms with Gasteiger partial charge in [-0.05, 0) is 29.1 Å². The van der Waals surface area contributed by atoms with Gasteiger partial charge in [0.1, 0.15) is 11.4 Å². The van der Waals surface area contributed by atoms with E-state index in [9.17, 15) is 18.0 Å². The van der Waals surface area contributed by atoms with Crippen LogP contribution in [-0.2, 0) is 11.3 Å². The van der Waals surface area contributed by atoms with Crippen molar-refractivity contribution in [3.63, 3.8) is 0 Å². The van der Waals surface area contributed by atoms with Gasteiger partial charge < -0.3 is 15.8 Å². The first-order valence-electron chi connectivity index (χ1n) is 7.61. The molecule has 0 bridgehead atoms. The molecule has 27 heavy (non-hydrogen) atoms. The number of carbonyl (C=O) groups is 1. The molecule has 0 amide bonds. The Kier molecular flexibility index (Phi) is 5.26. The minimum absolute atomic E-state index is 0.194. The van der Waals surface area contributed by atoms with Gasteiger partial charge in [-0.3, -0.25) is 0 Å². The number of carbonyl (C=O) groups excluding carboxylic acids is 1. The Morgan fingerprint density at radius 1 is 1.22 bits per heavy atom. The summed E-state index contributed by atoms with van der Waals surface area (Å²) >= 11 is 1.52. The van der Waals surface area contributed by atoms with E-state index in [2.05, 4.69) is 20.0 Å². The van der Waals surface area contributed by atoms with Gasteiger partial charge in [0.25, 0.3) is 0 Å². The van der Waals surface area contributed by atoms with Crippen LogP contribution in [0, 0.1) is 0 Å². The molecule has 3 N–H and O–H groups in total. The van der Waals surface area contributed by atoms with Crippen molar-refractivity contribution in [1.29, 1.82) is 0 Å². The van der Waals surface area contributed by atoms with E-state index in [0.717, 1.165) is 10.4 Å². The van der Waals surface area contributed by atoms with Crippen molar-refractivity contribution in [1.82, 2.24) is 9.97 Å². The van der Waals surface area contributed by atoms with Gasteiger partial charge in [-0.1, -0.05) is 18.2 Å². The molecule has 2 aromatic heterocycles. The summed E-state index contributed by atoms with van der Waals surface area (Å²) in [7, 11) is 0. The number of nitrogen functional groups attached to an aromatic ring is 1. The summed E-state index contributed by atoms with van der Waals surface area (Å²) in [6.07, 6.45) is -3.46. The number of anilines is 2. The molecule has 0 radical (unpaired) electrons. The molecule has 0 unspecified atom stereocenters. The summed E-state index contributed by atoms with van der Waals surface area (Å²) in [6.45, 7) is 0.306. The largest absolute Gasteiger partial charge is 0.491 e. The smallest absolute Gasteiger partial charge is 0.420 e. The number of hydrogen-bond acceptors (Lipinski definition) is 7. The first-order valence-corrected chi connectivity index (χ1v) is 8.49. The molecule has 10 heteroatoms. The van der Waals surface area contributed by atoms with Crippen molar-refractivity contribution in [2.45, 2.75) is 12.7 Å². The normalized spacial score (nSPS) is 11.2. The molecular formula is C17H13F3N4O2S. The third kappa shape index (κ3) is 4.73. The van der Waals surface area contributed by atoms with Crippen molar-refractivity contribution in [2.75, 3.05) is 11.1 Å². The molecule has 3 rings (SSSR count). The van der Waals surface area contributed by atoms with Crippen LogP contribution >= 0.6 is 11.3 Å². The zero-order chi connectivity index (χ0) is 19.4. The van der Waals surface area contributed by atoms with E-state index in [-0.39, 0.29) is 11.6 Å². The number of esters is 1. The van der Waals surface area contributed by atoms with Gasteiger partial charge in [0.05, 0.1) is 11.1 Å². The number of nitrogens with two attached hydrogens (primary N) is 1. The van der Waals surface area contributed by atoms with Gasteiger partial charge in [-0.2, -0.15) is 13.2 Å². The maximum Gasteiger partial charge on any atom is 0.491 e. The van der Waals surface area contributed by atoms with E-state index in [1.54, 1.807) is 6.20 Å². The third-order valence-electron chi connectivity index (χ3n) is 3.40. The second-order valence-corrected chi connectivity index (χ2v) is 6.30. The first-order chi connectivity index (χ1) is 12.8. The Morgan fingerprint density at radius 2 is 1.96 bits per heavy atom. The van der Waals surface area contributed by atoms with Crippen LogP contribution in [0.5, 0.6) is 5.75 Å². The molecule has 0 spiro atoms. The number of ether oxygens (including phenoxy) is 1. The highest BCUT2D eigenvalue weighted by atomic mass is 32.1. The van der Waals surface area contributed by atoms with Gasteiger partial charge in [0.15, 0.2) is 11.6 Å². The number of aromatic nitrogens is 2. The Hall–Kier alpha value is -3.14. The molecule has 3 aromatic rings. The van der Waals surface area contributed by atoms with Crippen molar-refractivity contribution in [3.8, 4) is 16.3 Å². The van der Waals surface area contributed by atoms with Gasteiger partial charge in [-0.25, -0.2) is 14.8 Å². The summed E-state index contributed by atoms with van der Waals surface area (Å²) in [4.78, 5) is 20.3. The highest BCUT2D eigenvalue weighted by Crippen LogP contribution is 2.25. The van der Waals surface area contributed by atoms with Crippen molar-refractivity contribution in [2.24, 2.45) is 0 Å². The maximum absolute atomic E-state index is 12.2.